The summed E-state index contributed by atoms with van der Waals surface area (Å²) in [5.41, 5.74) is 5.84. The number of hydrogen-bond acceptors (Lipinski definition) is 3. The number of hydrogen-bond donors (Lipinski definition) is 2. The molecule has 0 spiro atoms. The third-order valence-electron chi connectivity index (χ3n) is 3.11. The number of thioether (sulfide) groups is 1. The van der Waals surface area contributed by atoms with E-state index < -0.39 is 5.82 Å². The summed E-state index contributed by atoms with van der Waals surface area (Å²) in [7, 11) is 0. The Kier molecular flexibility index (Phi) is 5.45. The Morgan fingerprint density at radius 1 is 1.45 bits per heavy atom. The molecule has 5 heteroatoms. The van der Waals surface area contributed by atoms with Crippen molar-refractivity contribution in [2.75, 3.05) is 18.1 Å². The van der Waals surface area contributed by atoms with E-state index in [0.717, 1.165) is 24.3 Å². The van der Waals surface area contributed by atoms with Crippen LogP contribution in [0.15, 0.2) is 18.2 Å². The molecule has 0 aliphatic carbocycles. The first-order chi connectivity index (χ1) is 9.70. The molecule has 1 saturated heterocycles. The highest BCUT2D eigenvalue weighted by atomic mass is 32.2. The Hall–Kier alpha value is -1.51. The predicted molar refractivity (Wildman–Crippen MR) is 80.1 cm³/mol. The number of carbonyl (C=O) groups excluding carboxylic acids is 1. The molecule has 106 valence electrons. The van der Waals surface area contributed by atoms with E-state index in [1.807, 2.05) is 11.8 Å². The van der Waals surface area contributed by atoms with Crippen LogP contribution in [0.5, 0.6) is 0 Å². The van der Waals surface area contributed by atoms with Gasteiger partial charge in [0.2, 0.25) is 0 Å². The second-order valence-electron chi connectivity index (χ2n) is 4.56. The first-order valence-electron chi connectivity index (χ1n) is 6.58. The van der Waals surface area contributed by atoms with Crippen molar-refractivity contribution in [2.24, 2.45) is 5.73 Å². The van der Waals surface area contributed by atoms with Gasteiger partial charge in [0.05, 0.1) is 12.1 Å². The van der Waals surface area contributed by atoms with Gasteiger partial charge in [-0.3, -0.25) is 4.79 Å². The lowest BCUT2D eigenvalue weighted by molar-refractivity contribution is 0.0934. The third-order valence-corrected chi connectivity index (χ3v) is 4.16. The molecule has 0 radical (unpaired) electrons. The van der Waals surface area contributed by atoms with E-state index in [9.17, 15) is 9.18 Å². The molecule has 1 aromatic rings. The minimum Gasteiger partial charge on any atom is -0.349 e. The second-order valence-corrected chi connectivity index (χ2v) is 5.79. The number of nitrogens with two attached hydrogens (primary N) is 1. The molecular formula is C15H17FN2OS. The van der Waals surface area contributed by atoms with Crippen molar-refractivity contribution >= 4 is 17.7 Å². The van der Waals surface area contributed by atoms with Gasteiger partial charge in [-0.1, -0.05) is 11.8 Å². The number of amides is 1. The van der Waals surface area contributed by atoms with Gasteiger partial charge in [-0.25, -0.2) is 4.39 Å². The molecule has 20 heavy (non-hydrogen) atoms. The van der Waals surface area contributed by atoms with Crippen LogP contribution >= 0.6 is 11.8 Å². The fraction of sp³-hybridized carbons (Fsp3) is 0.400. The van der Waals surface area contributed by atoms with Gasteiger partial charge >= 0.3 is 0 Å². The number of benzene rings is 1. The molecule has 1 heterocycles. The fourth-order valence-electron chi connectivity index (χ4n) is 2.01. The smallest absolute Gasteiger partial charge is 0.251 e. The number of nitrogens with one attached hydrogen (secondary N) is 1. The molecule has 0 bridgehead atoms. The molecule has 3 N–H and O–H groups in total. The second kappa shape index (κ2) is 7.32. The highest BCUT2D eigenvalue weighted by Crippen LogP contribution is 2.17. The summed E-state index contributed by atoms with van der Waals surface area (Å²) in [5.74, 6) is 6.64. The highest BCUT2D eigenvalue weighted by Gasteiger charge is 2.17. The summed E-state index contributed by atoms with van der Waals surface area (Å²) in [5, 5.41) is 2.95. The maximum atomic E-state index is 13.8. The zero-order valence-corrected chi connectivity index (χ0v) is 11.9. The van der Waals surface area contributed by atoms with Crippen LogP contribution in [-0.4, -0.2) is 30.0 Å². The van der Waals surface area contributed by atoms with Crippen LogP contribution in [0.1, 0.15) is 28.8 Å². The quantitative estimate of drug-likeness (QED) is 0.817. The van der Waals surface area contributed by atoms with Crippen LogP contribution in [0.2, 0.25) is 0 Å². The molecule has 1 aliphatic rings. The van der Waals surface area contributed by atoms with E-state index in [1.54, 1.807) is 6.07 Å². The standard InChI is InChI=1S/C15H17FN2OS/c16-14-10-12(4-3-11(14)2-1-7-17)15(19)18-13-5-8-20-9-6-13/h3-4,10,13H,5-9,17H2,(H,18,19). The summed E-state index contributed by atoms with van der Waals surface area (Å²) in [6.45, 7) is 0.182. The molecule has 1 aromatic carbocycles. The first-order valence-corrected chi connectivity index (χ1v) is 7.73. The minimum absolute atomic E-state index is 0.182. The average Bonchev–Trinajstić information content (AvgIpc) is 2.47. The van der Waals surface area contributed by atoms with E-state index in [0.29, 0.717) is 5.56 Å². The molecule has 0 unspecified atom stereocenters. The van der Waals surface area contributed by atoms with Gasteiger partial charge in [-0.2, -0.15) is 11.8 Å². The van der Waals surface area contributed by atoms with Crippen LogP contribution in [0.3, 0.4) is 0 Å². The molecule has 1 aliphatic heterocycles. The molecule has 1 amide bonds. The van der Waals surface area contributed by atoms with E-state index in [4.69, 9.17) is 5.73 Å². The average molecular weight is 292 g/mol. The van der Waals surface area contributed by atoms with Crippen LogP contribution in [0.4, 0.5) is 4.39 Å². The molecular weight excluding hydrogens is 275 g/mol. The number of rotatable bonds is 2. The van der Waals surface area contributed by atoms with E-state index in [2.05, 4.69) is 17.2 Å². The third kappa shape index (κ3) is 3.99. The van der Waals surface area contributed by atoms with Crippen LogP contribution in [0, 0.1) is 17.7 Å². The molecule has 1 fully saturated rings. The zero-order chi connectivity index (χ0) is 14.4. The van der Waals surface area contributed by atoms with Crippen molar-refractivity contribution in [3.63, 3.8) is 0 Å². The Morgan fingerprint density at radius 3 is 2.85 bits per heavy atom. The van der Waals surface area contributed by atoms with E-state index in [-0.39, 0.29) is 24.1 Å². The first kappa shape index (κ1) is 14.9. The maximum Gasteiger partial charge on any atom is 0.251 e. The normalized spacial score (nSPS) is 15.3. The van der Waals surface area contributed by atoms with Crippen molar-refractivity contribution in [2.45, 2.75) is 18.9 Å². The number of halogens is 1. The predicted octanol–water partition coefficient (Wildman–Crippen LogP) is 1.76. The molecule has 2 rings (SSSR count). The summed E-state index contributed by atoms with van der Waals surface area (Å²) < 4.78 is 13.8. The SMILES string of the molecule is NCC#Cc1ccc(C(=O)NC2CCSCC2)cc1F. The Labute approximate surface area is 122 Å². The van der Waals surface area contributed by atoms with Crippen molar-refractivity contribution in [3.8, 4) is 11.8 Å². The highest BCUT2D eigenvalue weighted by molar-refractivity contribution is 7.99. The van der Waals surface area contributed by atoms with E-state index in [1.165, 1.54) is 12.1 Å². The van der Waals surface area contributed by atoms with Crippen LogP contribution in [0.25, 0.3) is 0 Å². The minimum atomic E-state index is -0.488. The number of carbonyl (C=O) groups is 1. The van der Waals surface area contributed by atoms with Gasteiger partial charge in [0.1, 0.15) is 5.82 Å². The molecule has 0 saturated carbocycles. The Bertz CT molecular complexity index is 545. The fourth-order valence-corrected chi connectivity index (χ4v) is 3.12. The van der Waals surface area contributed by atoms with Gasteiger partial charge in [0, 0.05) is 11.6 Å². The monoisotopic (exact) mass is 292 g/mol. The van der Waals surface area contributed by atoms with Crippen LogP contribution < -0.4 is 11.1 Å². The summed E-state index contributed by atoms with van der Waals surface area (Å²) in [4.78, 5) is 12.0. The van der Waals surface area contributed by atoms with Crippen molar-refractivity contribution in [3.05, 3.63) is 35.1 Å². The molecule has 3 nitrogen and oxygen atoms in total. The largest absolute Gasteiger partial charge is 0.349 e. The van der Waals surface area contributed by atoms with Gasteiger partial charge in [0.25, 0.3) is 5.91 Å². The van der Waals surface area contributed by atoms with Crippen molar-refractivity contribution < 1.29 is 9.18 Å². The lowest BCUT2D eigenvalue weighted by Gasteiger charge is -2.22. The van der Waals surface area contributed by atoms with Gasteiger partial charge < -0.3 is 11.1 Å². The van der Waals surface area contributed by atoms with Gasteiger partial charge in [0.15, 0.2) is 0 Å². The molecule has 0 aromatic heterocycles. The summed E-state index contributed by atoms with van der Waals surface area (Å²) in [6.07, 6.45) is 1.94. The molecule has 0 atom stereocenters. The Morgan fingerprint density at radius 2 is 2.20 bits per heavy atom. The lowest BCUT2D eigenvalue weighted by atomic mass is 10.1. The topological polar surface area (TPSA) is 55.1 Å². The van der Waals surface area contributed by atoms with Crippen molar-refractivity contribution in [1.29, 1.82) is 0 Å². The van der Waals surface area contributed by atoms with Gasteiger partial charge in [-0.05, 0) is 42.5 Å². The maximum absolute atomic E-state index is 13.8. The zero-order valence-electron chi connectivity index (χ0n) is 11.1. The lowest BCUT2D eigenvalue weighted by Crippen LogP contribution is -2.37. The summed E-state index contributed by atoms with van der Waals surface area (Å²) >= 11 is 1.90. The van der Waals surface area contributed by atoms with E-state index >= 15 is 0 Å². The Balaban J connectivity index is 2.04. The van der Waals surface area contributed by atoms with Crippen molar-refractivity contribution in [1.82, 2.24) is 5.32 Å². The van der Waals surface area contributed by atoms with Gasteiger partial charge in [-0.15, -0.1) is 0 Å². The van der Waals surface area contributed by atoms with Crippen LogP contribution in [-0.2, 0) is 0 Å². The summed E-state index contributed by atoms with van der Waals surface area (Å²) in [6, 6.07) is 4.54.